The fourth-order valence-electron chi connectivity index (χ4n) is 2.38. The Morgan fingerprint density at radius 3 is 2.70 bits per heavy atom. The summed E-state index contributed by atoms with van der Waals surface area (Å²) in [5.41, 5.74) is 1.41. The summed E-state index contributed by atoms with van der Waals surface area (Å²) in [5.74, 6) is -0.362. The van der Waals surface area contributed by atoms with Gasteiger partial charge in [-0.25, -0.2) is 13.8 Å². The predicted octanol–water partition coefficient (Wildman–Crippen LogP) is 5.22. The van der Waals surface area contributed by atoms with E-state index in [1.807, 2.05) is 22.8 Å². The Morgan fingerprint density at radius 1 is 1.13 bits per heavy atom. The van der Waals surface area contributed by atoms with Gasteiger partial charge < -0.3 is 4.57 Å². The molecule has 118 valence electrons. The van der Waals surface area contributed by atoms with E-state index >= 15 is 0 Å². The first-order valence-electron chi connectivity index (χ1n) is 6.90. The summed E-state index contributed by atoms with van der Waals surface area (Å²) in [5, 5.41) is 0.636. The van der Waals surface area contributed by atoms with Crippen LogP contribution in [0.2, 0.25) is 5.02 Å². The smallest absolute Gasteiger partial charge is 0.131 e. The zero-order valence-electron chi connectivity index (χ0n) is 11.9. The number of halogens is 4. The average Bonchev–Trinajstić information content (AvgIpc) is 2.88. The van der Waals surface area contributed by atoms with Crippen LogP contribution in [-0.2, 0) is 13.0 Å². The number of rotatable bonds is 4. The van der Waals surface area contributed by atoms with Crippen LogP contribution in [0, 0.1) is 11.6 Å². The number of aromatic nitrogens is 2. The van der Waals surface area contributed by atoms with Crippen LogP contribution in [-0.4, -0.2) is 9.55 Å². The Morgan fingerprint density at radius 2 is 1.96 bits per heavy atom. The van der Waals surface area contributed by atoms with Crippen molar-refractivity contribution in [2.45, 2.75) is 13.0 Å². The summed E-state index contributed by atoms with van der Waals surface area (Å²) in [7, 11) is 0. The molecule has 0 unspecified atom stereocenters. The Labute approximate surface area is 145 Å². The van der Waals surface area contributed by atoms with E-state index in [4.69, 9.17) is 11.6 Å². The Bertz CT molecular complexity index is 828. The molecule has 6 heteroatoms. The normalized spacial score (nSPS) is 11.0. The number of imidazole rings is 1. The van der Waals surface area contributed by atoms with Gasteiger partial charge in [-0.3, -0.25) is 0 Å². The van der Waals surface area contributed by atoms with Crippen molar-refractivity contribution in [3.8, 4) is 0 Å². The van der Waals surface area contributed by atoms with Crippen molar-refractivity contribution in [1.82, 2.24) is 9.55 Å². The number of hydrogen-bond acceptors (Lipinski definition) is 1. The van der Waals surface area contributed by atoms with Crippen LogP contribution in [0.5, 0.6) is 0 Å². The van der Waals surface area contributed by atoms with Gasteiger partial charge in [-0.2, -0.15) is 0 Å². The topological polar surface area (TPSA) is 17.8 Å². The van der Waals surface area contributed by atoms with Gasteiger partial charge in [0.25, 0.3) is 0 Å². The molecule has 0 spiro atoms. The molecule has 0 aliphatic rings. The van der Waals surface area contributed by atoms with E-state index in [1.54, 1.807) is 12.4 Å². The van der Waals surface area contributed by atoms with E-state index < -0.39 is 11.6 Å². The zero-order chi connectivity index (χ0) is 16.4. The molecule has 23 heavy (non-hydrogen) atoms. The molecule has 3 rings (SSSR count). The first kappa shape index (κ1) is 16.1. The van der Waals surface area contributed by atoms with Crippen molar-refractivity contribution in [2.24, 2.45) is 0 Å². The predicted molar refractivity (Wildman–Crippen MR) is 89.6 cm³/mol. The molecule has 3 aromatic rings. The maximum Gasteiger partial charge on any atom is 0.131 e. The van der Waals surface area contributed by atoms with Crippen molar-refractivity contribution >= 4 is 27.5 Å². The van der Waals surface area contributed by atoms with Crippen LogP contribution < -0.4 is 0 Å². The van der Waals surface area contributed by atoms with E-state index in [-0.39, 0.29) is 0 Å². The Hall–Kier alpha value is -1.72. The van der Waals surface area contributed by atoms with Gasteiger partial charge in [-0.05, 0) is 29.8 Å². The molecular weight excluding hydrogens is 386 g/mol. The second-order valence-corrected chi connectivity index (χ2v) is 6.51. The van der Waals surface area contributed by atoms with Gasteiger partial charge in [0.1, 0.15) is 17.5 Å². The Balaban J connectivity index is 1.84. The number of benzene rings is 2. The molecular formula is C17H12BrClF2N2. The minimum absolute atomic E-state index is 0.295. The van der Waals surface area contributed by atoms with Crippen molar-refractivity contribution in [3.63, 3.8) is 0 Å². The average molecular weight is 398 g/mol. The highest BCUT2D eigenvalue weighted by atomic mass is 79.9. The van der Waals surface area contributed by atoms with Crippen LogP contribution in [0.25, 0.3) is 0 Å². The largest absolute Gasteiger partial charge is 0.330 e. The summed E-state index contributed by atoms with van der Waals surface area (Å²) in [4.78, 5) is 4.32. The summed E-state index contributed by atoms with van der Waals surface area (Å²) in [6, 6.07) is 9.23. The zero-order valence-corrected chi connectivity index (χ0v) is 14.3. The van der Waals surface area contributed by atoms with Gasteiger partial charge in [0.05, 0.1) is 6.54 Å². The first-order chi connectivity index (χ1) is 11.0. The van der Waals surface area contributed by atoms with Crippen LogP contribution in [0.3, 0.4) is 0 Å². The summed E-state index contributed by atoms with van der Waals surface area (Å²) < 4.78 is 29.5. The second-order valence-electron chi connectivity index (χ2n) is 5.16. The minimum Gasteiger partial charge on any atom is -0.330 e. The van der Waals surface area contributed by atoms with Crippen LogP contribution in [0.15, 0.2) is 53.3 Å². The van der Waals surface area contributed by atoms with Gasteiger partial charge in [0, 0.05) is 39.9 Å². The monoisotopic (exact) mass is 396 g/mol. The summed E-state index contributed by atoms with van der Waals surface area (Å²) >= 11 is 9.46. The van der Waals surface area contributed by atoms with Crippen molar-refractivity contribution in [1.29, 1.82) is 0 Å². The van der Waals surface area contributed by atoms with E-state index in [0.717, 1.165) is 21.9 Å². The molecule has 0 amide bonds. The van der Waals surface area contributed by atoms with Crippen LogP contribution in [0.4, 0.5) is 8.78 Å². The highest BCUT2D eigenvalue weighted by Gasteiger charge is 2.09. The van der Waals surface area contributed by atoms with Crippen molar-refractivity contribution < 1.29 is 8.78 Å². The van der Waals surface area contributed by atoms with E-state index in [9.17, 15) is 8.78 Å². The van der Waals surface area contributed by atoms with E-state index in [1.165, 1.54) is 12.1 Å². The Kier molecular flexibility index (Phi) is 4.78. The van der Waals surface area contributed by atoms with Gasteiger partial charge >= 0.3 is 0 Å². The molecule has 0 fully saturated rings. The lowest BCUT2D eigenvalue weighted by Crippen LogP contribution is -2.07. The minimum atomic E-state index is -0.583. The molecule has 1 aromatic heterocycles. The van der Waals surface area contributed by atoms with E-state index in [0.29, 0.717) is 23.6 Å². The van der Waals surface area contributed by atoms with Crippen LogP contribution >= 0.6 is 27.5 Å². The molecule has 0 aliphatic heterocycles. The summed E-state index contributed by atoms with van der Waals surface area (Å²) in [6.45, 7) is 0.295. The standard InChI is InChI=1S/C17H12BrClF2N2/c18-13-5-11(6-14(19)8-13)7-17-22-3-4-23(17)10-12-1-2-15(20)9-16(12)21/h1-6,8-9H,7,10H2. The highest BCUT2D eigenvalue weighted by Crippen LogP contribution is 2.21. The van der Waals surface area contributed by atoms with Gasteiger partial charge in [-0.1, -0.05) is 33.6 Å². The lowest BCUT2D eigenvalue weighted by molar-refractivity contribution is 0.564. The number of nitrogens with zero attached hydrogens (tertiary/aromatic N) is 2. The third-order valence-corrected chi connectivity index (χ3v) is 4.12. The molecule has 1 heterocycles. The molecule has 0 saturated heterocycles. The molecule has 0 atom stereocenters. The molecule has 0 radical (unpaired) electrons. The van der Waals surface area contributed by atoms with Gasteiger partial charge in [-0.15, -0.1) is 0 Å². The highest BCUT2D eigenvalue weighted by molar-refractivity contribution is 9.10. The van der Waals surface area contributed by atoms with Crippen molar-refractivity contribution in [3.05, 3.63) is 86.9 Å². The molecule has 0 saturated carbocycles. The molecule has 2 nitrogen and oxygen atoms in total. The lowest BCUT2D eigenvalue weighted by atomic mass is 10.1. The molecule has 0 aliphatic carbocycles. The maximum atomic E-state index is 13.8. The first-order valence-corrected chi connectivity index (χ1v) is 8.07. The third kappa shape index (κ3) is 3.98. The fourth-order valence-corrected chi connectivity index (χ4v) is 3.31. The maximum absolute atomic E-state index is 13.8. The molecule has 0 N–H and O–H groups in total. The quantitative estimate of drug-likeness (QED) is 0.590. The summed E-state index contributed by atoms with van der Waals surface area (Å²) in [6.07, 6.45) is 4.00. The van der Waals surface area contributed by atoms with Crippen molar-refractivity contribution in [2.75, 3.05) is 0 Å². The number of hydrogen-bond donors (Lipinski definition) is 0. The SMILES string of the molecule is Fc1ccc(Cn2ccnc2Cc2cc(Cl)cc(Br)c2)c(F)c1. The van der Waals surface area contributed by atoms with Gasteiger partial charge in [0.2, 0.25) is 0 Å². The third-order valence-electron chi connectivity index (χ3n) is 3.44. The van der Waals surface area contributed by atoms with Gasteiger partial charge in [0.15, 0.2) is 0 Å². The molecule has 0 bridgehead atoms. The molecule has 2 aromatic carbocycles. The fraction of sp³-hybridized carbons (Fsp3) is 0.118. The van der Waals surface area contributed by atoms with E-state index in [2.05, 4.69) is 20.9 Å². The van der Waals surface area contributed by atoms with Crippen LogP contribution in [0.1, 0.15) is 17.0 Å². The lowest BCUT2D eigenvalue weighted by Gasteiger charge is -2.10. The second kappa shape index (κ2) is 6.81.